The molecule has 4 heteroatoms. The van der Waals surface area contributed by atoms with E-state index in [9.17, 15) is 4.79 Å². The van der Waals surface area contributed by atoms with Crippen LogP contribution >= 0.6 is 11.3 Å². The molecular formula is C15H17NO2S. The molecule has 0 fully saturated rings. The van der Waals surface area contributed by atoms with Gasteiger partial charge in [0.1, 0.15) is 4.88 Å². The quantitative estimate of drug-likeness (QED) is 0.801. The number of benzene rings is 1. The third-order valence-corrected chi connectivity index (χ3v) is 3.92. The normalized spacial score (nSPS) is 10.5. The smallest absolute Gasteiger partial charge is 0.350 e. The molecule has 19 heavy (non-hydrogen) atoms. The molecule has 0 radical (unpaired) electrons. The molecule has 0 N–H and O–H groups in total. The zero-order valence-electron chi connectivity index (χ0n) is 11.4. The average molecular weight is 275 g/mol. The maximum Gasteiger partial charge on any atom is 0.350 e. The van der Waals surface area contributed by atoms with Gasteiger partial charge in [0, 0.05) is 6.42 Å². The first kappa shape index (κ1) is 13.7. The van der Waals surface area contributed by atoms with Crippen molar-refractivity contribution in [1.82, 2.24) is 4.98 Å². The number of aromatic nitrogens is 1. The summed E-state index contributed by atoms with van der Waals surface area (Å²) in [6.45, 7) is 6.11. The Hall–Kier alpha value is -1.68. The van der Waals surface area contributed by atoms with Crippen molar-refractivity contribution in [1.29, 1.82) is 0 Å². The summed E-state index contributed by atoms with van der Waals surface area (Å²) >= 11 is 1.42. The van der Waals surface area contributed by atoms with Gasteiger partial charge in [-0.1, -0.05) is 29.8 Å². The second-order valence-electron chi connectivity index (χ2n) is 4.40. The Morgan fingerprint density at radius 3 is 2.58 bits per heavy atom. The number of rotatable bonds is 4. The summed E-state index contributed by atoms with van der Waals surface area (Å²) in [6, 6.07) is 8.36. The van der Waals surface area contributed by atoms with E-state index in [-0.39, 0.29) is 5.97 Å². The van der Waals surface area contributed by atoms with E-state index >= 15 is 0 Å². The lowest BCUT2D eigenvalue weighted by atomic mass is 10.1. The van der Waals surface area contributed by atoms with Crippen LogP contribution in [-0.4, -0.2) is 17.6 Å². The van der Waals surface area contributed by atoms with Crippen molar-refractivity contribution in [3.63, 3.8) is 0 Å². The number of thiazole rings is 1. The molecule has 0 spiro atoms. The van der Waals surface area contributed by atoms with Gasteiger partial charge in [-0.05, 0) is 26.3 Å². The van der Waals surface area contributed by atoms with E-state index in [1.54, 1.807) is 0 Å². The highest BCUT2D eigenvalue weighted by molar-refractivity contribution is 7.13. The van der Waals surface area contributed by atoms with Crippen LogP contribution < -0.4 is 0 Å². The molecule has 2 aromatic rings. The average Bonchev–Trinajstić information content (AvgIpc) is 2.74. The third-order valence-electron chi connectivity index (χ3n) is 2.78. The van der Waals surface area contributed by atoms with Crippen molar-refractivity contribution in [2.45, 2.75) is 27.2 Å². The molecule has 2 rings (SSSR count). The van der Waals surface area contributed by atoms with Gasteiger partial charge >= 0.3 is 5.97 Å². The van der Waals surface area contributed by atoms with Crippen LogP contribution in [0.5, 0.6) is 0 Å². The fourth-order valence-electron chi connectivity index (χ4n) is 1.79. The number of aryl methyl sites for hydroxylation is 2. The minimum atomic E-state index is -0.271. The van der Waals surface area contributed by atoms with Gasteiger partial charge < -0.3 is 4.74 Å². The highest BCUT2D eigenvalue weighted by Crippen LogP contribution is 2.21. The molecule has 100 valence electrons. The number of carbonyl (C=O) groups excluding carboxylic acids is 1. The van der Waals surface area contributed by atoms with Crippen LogP contribution in [0.15, 0.2) is 24.3 Å². The van der Waals surface area contributed by atoms with Crippen LogP contribution in [0.25, 0.3) is 0 Å². The lowest BCUT2D eigenvalue weighted by molar-refractivity contribution is 0.0531. The van der Waals surface area contributed by atoms with Crippen molar-refractivity contribution in [3.8, 4) is 0 Å². The van der Waals surface area contributed by atoms with E-state index < -0.39 is 0 Å². The first-order valence-electron chi connectivity index (χ1n) is 6.29. The molecule has 0 atom stereocenters. The number of carbonyl (C=O) groups is 1. The van der Waals surface area contributed by atoms with Gasteiger partial charge in [-0.2, -0.15) is 0 Å². The number of ether oxygens (including phenoxy) is 1. The fourth-order valence-corrected chi connectivity index (χ4v) is 2.79. The number of nitrogens with zero attached hydrogens (tertiary/aromatic N) is 1. The van der Waals surface area contributed by atoms with Crippen LogP contribution in [0.2, 0.25) is 0 Å². The van der Waals surface area contributed by atoms with E-state index in [0.717, 1.165) is 17.1 Å². The van der Waals surface area contributed by atoms with E-state index in [1.807, 2.05) is 13.8 Å². The maximum absolute atomic E-state index is 11.7. The second kappa shape index (κ2) is 5.97. The molecule has 0 saturated heterocycles. The van der Waals surface area contributed by atoms with E-state index in [4.69, 9.17) is 4.74 Å². The standard InChI is InChI=1S/C15H17NO2S/c1-4-18-15(17)14-11(3)16-13(19-14)9-12-7-5-10(2)6-8-12/h5-8H,4,9H2,1-3H3. The minimum Gasteiger partial charge on any atom is -0.462 e. The maximum atomic E-state index is 11.7. The highest BCUT2D eigenvalue weighted by Gasteiger charge is 2.16. The highest BCUT2D eigenvalue weighted by atomic mass is 32.1. The van der Waals surface area contributed by atoms with Crippen molar-refractivity contribution >= 4 is 17.3 Å². The molecule has 0 amide bonds. The van der Waals surface area contributed by atoms with Gasteiger partial charge in [0.2, 0.25) is 0 Å². The van der Waals surface area contributed by atoms with E-state index in [0.29, 0.717) is 11.5 Å². The second-order valence-corrected chi connectivity index (χ2v) is 5.49. The lowest BCUT2D eigenvalue weighted by Crippen LogP contribution is -2.03. The Bertz CT molecular complexity index is 572. The number of hydrogen-bond donors (Lipinski definition) is 0. The van der Waals surface area contributed by atoms with Gasteiger partial charge in [-0.15, -0.1) is 11.3 Å². The summed E-state index contributed by atoms with van der Waals surface area (Å²) in [5.74, 6) is -0.271. The molecule has 1 aromatic heterocycles. The summed E-state index contributed by atoms with van der Waals surface area (Å²) in [6.07, 6.45) is 0.755. The zero-order chi connectivity index (χ0) is 13.8. The topological polar surface area (TPSA) is 39.2 Å². The zero-order valence-corrected chi connectivity index (χ0v) is 12.2. The summed E-state index contributed by atoms with van der Waals surface area (Å²) < 4.78 is 5.02. The van der Waals surface area contributed by atoms with Crippen LogP contribution in [0.1, 0.15) is 38.4 Å². The molecule has 3 nitrogen and oxygen atoms in total. The molecule has 0 saturated carbocycles. The first-order valence-corrected chi connectivity index (χ1v) is 7.10. The number of hydrogen-bond acceptors (Lipinski definition) is 4. The summed E-state index contributed by atoms with van der Waals surface area (Å²) in [5, 5.41) is 0.949. The van der Waals surface area contributed by atoms with Crippen LogP contribution in [0.3, 0.4) is 0 Å². The Kier molecular flexibility index (Phi) is 4.32. The molecule has 0 aliphatic rings. The van der Waals surface area contributed by atoms with Crippen LogP contribution in [0, 0.1) is 13.8 Å². The third kappa shape index (κ3) is 3.41. The van der Waals surface area contributed by atoms with Crippen molar-refractivity contribution in [2.75, 3.05) is 6.61 Å². The predicted octanol–water partition coefficient (Wildman–Crippen LogP) is 3.53. The van der Waals surface area contributed by atoms with Gasteiger partial charge in [0.15, 0.2) is 0 Å². The van der Waals surface area contributed by atoms with Crippen LogP contribution in [-0.2, 0) is 11.2 Å². The Morgan fingerprint density at radius 2 is 1.95 bits per heavy atom. The van der Waals surface area contributed by atoms with E-state index in [1.165, 1.54) is 22.5 Å². The molecular weight excluding hydrogens is 258 g/mol. The number of esters is 1. The minimum absolute atomic E-state index is 0.271. The molecule has 0 aliphatic carbocycles. The summed E-state index contributed by atoms with van der Waals surface area (Å²) in [5.41, 5.74) is 3.20. The first-order chi connectivity index (χ1) is 9.10. The Balaban J connectivity index is 2.16. The SMILES string of the molecule is CCOC(=O)c1sc(Cc2ccc(C)cc2)nc1C. The van der Waals surface area contributed by atoms with Crippen molar-refractivity contribution < 1.29 is 9.53 Å². The van der Waals surface area contributed by atoms with Crippen molar-refractivity contribution in [3.05, 3.63) is 51.0 Å². The fraction of sp³-hybridized carbons (Fsp3) is 0.333. The summed E-state index contributed by atoms with van der Waals surface area (Å²) in [7, 11) is 0. The monoisotopic (exact) mass is 275 g/mol. The molecule has 0 aliphatic heterocycles. The lowest BCUT2D eigenvalue weighted by Gasteiger charge is -1.98. The van der Waals surface area contributed by atoms with Gasteiger partial charge in [0.25, 0.3) is 0 Å². The largest absolute Gasteiger partial charge is 0.462 e. The van der Waals surface area contributed by atoms with Gasteiger partial charge in [0.05, 0.1) is 17.3 Å². The molecule has 1 heterocycles. The van der Waals surface area contributed by atoms with Gasteiger partial charge in [-0.3, -0.25) is 0 Å². The Labute approximate surface area is 117 Å². The van der Waals surface area contributed by atoms with Gasteiger partial charge in [-0.25, -0.2) is 9.78 Å². The van der Waals surface area contributed by atoms with Crippen LogP contribution in [0.4, 0.5) is 0 Å². The predicted molar refractivity (Wildman–Crippen MR) is 76.8 cm³/mol. The molecule has 1 aromatic carbocycles. The Morgan fingerprint density at radius 1 is 1.26 bits per heavy atom. The van der Waals surface area contributed by atoms with E-state index in [2.05, 4.69) is 36.2 Å². The van der Waals surface area contributed by atoms with Crippen molar-refractivity contribution in [2.24, 2.45) is 0 Å². The summed E-state index contributed by atoms with van der Waals surface area (Å²) in [4.78, 5) is 16.8. The molecule has 0 bridgehead atoms. The molecule has 0 unspecified atom stereocenters.